The van der Waals surface area contributed by atoms with Crippen LogP contribution in [0.3, 0.4) is 0 Å². The molecule has 34 heavy (non-hydrogen) atoms. The fraction of sp³-hybridized carbons (Fsp3) is 0.400. The number of carbonyl (C=O) groups excluding carboxylic acids is 2. The Kier molecular flexibility index (Phi) is 5.65. The lowest BCUT2D eigenvalue weighted by molar-refractivity contribution is 0.0725. The zero-order valence-corrected chi connectivity index (χ0v) is 19.6. The molecule has 0 spiro atoms. The van der Waals surface area contributed by atoms with Crippen LogP contribution in [0.1, 0.15) is 42.1 Å². The van der Waals surface area contributed by atoms with E-state index >= 15 is 0 Å². The number of aliphatic hydroxyl groups excluding tert-OH is 1. The van der Waals surface area contributed by atoms with Gasteiger partial charge in [0.2, 0.25) is 0 Å². The van der Waals surface area contributed by atoms with Gasteiger partial charge in [0.15, 0.2) is 5.75 Å². The highest BCUT2D eigenvalue weighted by Crippen LogP contribution is 2.32. The number of hydrogen-bond donors (Lipinski definition) is 2. The number of rotatable bonds is 5. The third-order valence-corrected chi connectivity index (χ3v) is 6.60. The zero-order chi connectivity index (χ0) is 24.0. The van der Waals surface area contributed by atoms with Crippen molar-refractivity contribution in [1.82, 2.24) is 19.8 Å². The normalized spacial score (nSPS) is 19.9. The summed E-state index contributed by atoms with van der Waals surface area (Å²) in [5.41, 5.74) is 2.79. The molecule has 3 aromatic rings. The number of amides is 3. The Labute approximate surface area is 197 Å². The van der Waals surface area contributed by atoms with Crippen LogP contribution in [-0.4, -0.2) is 63.3 Å². The van der Waals surface area contributed by atoms with E-state index in [2.05, 4.69) is 10.4 Å². The summed E-state index contributed by atoms with van der Waals surface area (Å²) in [7, 11) is 1.74. The molecule has 2 atom stereocenters. The van der Waals surface area contributed by atoms with E-state index in [1.54, 1.807) is 39.8 Å². The van der Waals surface area contributed by atoms with Crippen molar-refractivity contribution in [2.75, 3.05) is 18.5 Å². The number of anilines is 1. The number of benzene rings is 1. The molecule has 3 heterocycles. The minimum atomic E-state index is -0.491. The van der Waals surface area contributed by atoms with Crippen LogP contribution in [0.2, 0.25) is 0 Å². The van der Waals surface area contributed by atoms with Crippen molar-refractivity contribution in [2.45, 2.75) is 51.3 Å². The molecular weight excluding hydrogens is 434 g/mol. The number of aromatic nitrogens is 2. The number of aliphatic hydroxyl groups is 1. The van der Waals surface area contributed by atoms with Gasteiger partial charge in [0, 0.05) is 43.6 Å². The molecule has 2 fully saturated rings. The summed E-state index contributed by atoms with van der Waals surface area (Å²) in [6.45, 7) is 4.16. The van der Waals surface area contributed by atoms with Crippen LogP contribution in [-0.2, 0) is 0 Å². The molecule has 2 aliphatic rings. The lowest BCUT2D eigenvalue weighted by Crippen LogP contribution is -2.38. The summed E-state index contributed by atoms with van der Waals surface area (Å²) < 4.78 is 7.81. The lowest BCUT2D eigenvalue weighted by Gasteiger charge is -2.20. The predicted molar refractivity (Wildman–Crippen MR) is 128 cm³/mol. The fourth-order valence-corrected chi connectivity index (χ4v) is 4.44. The summed E-state index contributed by atoms with van der Waals surface area (Å²) >= 11 is 0. The Hall–Kier alpha value is -3.59. The summed E-state index contributed by atoms with van der Waals surface area (Å²) in [5, 5.41) is 17.3. The Bertz CT molecular complexity index is 1230. The van der Waals surface area contributed by atoms with E-state index in [0.29, 0.717) is 41.6 Å². The first-order chi connectivity index (χ1) is 16.3. The highest BCUT2D eigenvalue weighted by atomic mass is 16.5. The van der Waals surface area contributed by atoms with Crippen LogP contribution in [0.5, 0.6) is 11.5 Å². The predicted octanol–water partition coefficient (Wildman–Crippen LogP) is 3.34. The highest BCUT2D eigenvalue weighted by Gasteiger charge is 2.33. The number of carbonyl (C=O) groups is 2. The number of fused-ring (bicyclic) bond motifs is 1. The van der Waals surface area contributed by atoms with Gasteiger partial charge in [0.25, 0.3) is 5.91 Å². The second-order valence-corrected chi connectivity index (χ2v) is 9.23. The maximum Gasteiger partial charge on any atom is 0.321 e. The van der Waals surface area contributed by atoms with Crippen LogP contribution in [0.15, 0.2) is 42.7 Å². The first-order valence-corrected chi connectivity index (χ1v) is 11.6. The van der Waals surface area contributed by atoms with E-state index in [-0.39, 0.29) is 18.0 Å². The maximum absolute atomic E-state index is 13.2. The number of aryl methyl sites for hydroxylation is 1. The maximum atomic E-state index is 13.2. The van der Waals surface area contributed by atoms with Crippen LogP contribution < -0.4 is 15.0 Å². The number of β-amino-alcohol motifs (C(OH)–C–C–N with tert-alkyl or cyclic N) is 1. The summed E-state index contributed by atoms with van der Waals surface area (Å²) in [6, 6.07) is 9.22. The summed E-state index contributed by atoms with van der Waals surface area (Å²) in [6.07, 6.45) is 5.51. The Balaban J connectivity index is 1.37. The van der Waals surface area contributed by atoms with Crippen molar-refractivity contribution in [3.05, 3.63) is 53.9 Å². The molecule has 9 nitrogen and oxygen atoms in total. The molecule has 1 saturated carbocycles. The van der Waals surface area contributed by atoms with E-state index in [1.807, 2.05) is 38.1 Å². The molecule has 1 aliphatic heterocycles. The average Bonchev–Trinajstić information content (AvgIpc) is 3.48. The monoisotopic (exact) mass is 463 g/mol. The smallest absolute Gasteiger partial charge is 0.321 e. The summed E-state index contributed by atoms with van der Waals surface area (Å²) in [4.78, 5) is 28.8. The van der Waals surface area contributed by atoms with Gasteiger partial charge in [-0.15, -0.1) is 0 Å². The number of likely N-dealkylation sites (tertiary alicyclic amines) is 1. The number of nitrogens with one attached hydrogen (secondary N) is 1. The lowest BCUT2D eigenvalue weighted by atomic mass is 10.1. The van der Waals surface area contributed by atoms with Crippen molar-refractivity contribution in [3.63, 3.8) is 0 Å². The number of ether oxygens (including phenoxy) is 1. The van der Waals surface area contributed by atoms with Crippen LogP contribution in [0.25, 0.3) is 5.52 Å². The van der Waals surface area contributed by atoms with Gasteiger partial charge in [-0.05, 0) is 62.9 Å². The second-order valence-electron chi connectivity index (χ2n) is 9.23. The Morgan fingerprint density at radius 1 is 1.21 bits per heavy atom. The average molecular weight is 464 g/mol. The van der Waals surface area contributed by atoms with Crippen molar-refractivity contribution in [2.24, 2.45) is 0 Å². The molecule has 1 aliphatic carbocycles. The van der Waals surface area contributed by atoms with Gasteiger partial charge in [-0.3, -0.25) is 9.69 Å². The quantitative estimate of drug-likeness (QED) is 0.605. The number of hydrogen-bond acceptors (Lipinski definition) is 5. The van der Waals surface area contributed by atoms with Crippen LogP contribution in [0, 0.1) is 6.92 Å². The van der Waals surface area contributed by atoms with Gasteiger partial charge in [0.1, 0.15) is 11.3 Å². The van der Waals surface area contributed by atoms with Crippen molar-refractivity contribution < 1.29 is 19.4 Å². The molecule has 1 saturated heterocycles. The van der Waals surface area contributed by atoms with Crippen molar-refractivity contribution in [3.8, 4) is 11.5 Å². The van der Waals surface area contributed by atoms with Gasteiger partial charge >= 0.3 is 6.03 Å². The second kappa shape index (κ2) is 8.64. The molecule has 0 bridgehead atoms. The van der Waals surface area contributed by atoms with Crippen LogP contribution >= 0.6 is 0 Å². The molecule has 2 N–H and O–H groups in total. The van der Waals surface area contributed by atoms with Crippen molar-refractivity contribution in [1.29, 1.82) is 0 Å². The van der Waals surface area contributed by atoms with Gasteiger partial charge in [-0.1, -0.05) is 0 Å². The standard InChI is InChI=1S/C25H29N5O4/c1-15-12-19(31)13-29(15)24(32)21-14-30-23(16(21)2)22(10-11-26-30)34-20-8-6-18(7-9-20)28(3)25(33)27-17-4-5-17/h6-11,14-15,17,19,31H,4-5,12-13H2,1-3H3,(H,27,33). The zero-order valence-electron chi connectivity index (χ0n) is 19.6. The molecule has 0 radical (unpaired) electrons. The SMILES string of the molecule is Cc1c(C(=O)N2CC(O)CC2C)cn2nccc(Oc3ccc(N(C)C(=O)NC4CC4)cc3)c12. The largest absolute Gasteiger partial charge is 0.455 e. The molecule has 3 amide bonds. The first kappa shape index (κ1) is 22.2. The summed E-state index contributed by atoms with van der Waals surface area (Å²) in [5.74, 6) is 1.07. The molecule has 178 valence electrons. The van der Waals surface area contributed by atoms with Crippen molar-refractivity contribution >= 4 is 23.1 Å². The molecule has 2 aromatic heterocycles. The van der Waals surface area contributed by atoms with E-state index < -0.39 is 6.10 Å². The minimum absolute atomic E-state index is 0.0170. The fourth-order valence-electron chi connectivity index (χ4n) is 4.44. The number of nitrogens with zero attached hydrogens (tertiary/aromatic N) is 4. The Morgan fingerprint density at radius 3 is 2.59 bits per heavy atom. The van der Waals surface area contributed by atoms with Gasteiger partial charge < -0.3 is 20.1 Å². The van der Waals surface area contributed by atoms with E-state index in [9.17, 15) is 14.7 Å². The molecule has 2 unspecified atom stereocenters. The Morgan fingerprint density at radius 2 is 1.94 bits per heavy atom. The van der Waals surface area contributed by atoms with Gasteiger partial charge in [-0.25, -0.2) is 9.31 Å². The molecule has 9 heteroatoms. The minimum Gasteiger partial charge on any atom is -0.455 e. The molecule has 1 aromatic carbocycles. The van der Waals surface area contributed by atoms with E-state index in [1.165, 1.54) is 0 Å². The van der Waals surface area contributed by atoms with E-state index in [4.69, 9.17) is 4.74 Å². The van der Waals surface area contributed by atoms with Gasteiger partial charge in [-0.2, -0.15) is 5.10 Å². The number of urea groups is 1. The third-order valence-electron chi connectivity index (χ3n) is 6.60. The van der Waals surface area contributed by atoms with Crippen LogP contribution in [0.4, 0.5) is 10.5 Å². The van der Waals surface area contributed by atoms with E-state index in [0.717, 1.165) is 24.1 Å². The molecule has 5 rings (SSSR count). The topological polar surface area (TPSA) is 99.4 Å². The van der Waals surface area contributed by atoms with Gasteiger partial charge in [0.05, 0.1) is 17.9 Å². The first-order valence-electron chi connectivity index (χ1n) is 11.6. The highest BCUT2D eigenvalue weighted by molar-refractivity contribution is 5.98. The third kappa shape index (κ3) is 4.19. The molecular formula is C25H29N5O4.